The van der Waals surface area contributed by atoms with Crippen LogP contribution in [0.4, 0.5) is 0 Å². The summed E-state index contributed by atoms with van der Waals surface area (Å²) in [7, 11) is 0.502. The van der Waals surface area contributed by atoms with Crippen molar-refractivity contribution < 1.29 is 4.43 Å². The van der Waals surface area contributed by atoms with Crippen LogP contribution < -0.4 is 5.19 Å². The lowest BCUT2D eigenvalue weighted by Gasteiger charge is -2.00. The predicted octanol–water partition coefficient (Wildman–Crippen LogP) is 1.53. The fraction of sp³-hybridized carbons (Fsp3) is 0.400. The van der Waals surface area contributed by atoms with Crippen LogP contribution in [-0.2, 0) is 10.8 Å². The van der Waals surface area contributed by atoms with Gasteiger partial charge in [-0.25, -0.2) is 0 Å². The van der Waals surface area contributed by atoms with Gasteiger partial charge in [0.2, 0.25) is 0 Å². The van der Waals surface area contributed by atoms with Crippen molar-refractivity contribution in [3.8, 4) is 0 Å². The number of benzene rings is 1. The van der Waals surface area contributed by atoms with Crippen LogP contribution in [-0.4, -0.2) is 16.4 Å². The number of hydrogen-bond acceptors (Lipinski definition) is 1. The van der Waals surface area contributed by atoms with Crippen molar-refractivity contribution in [3.63, 3.8) is 0 Å². The van der Waals surface area contributed by atoms with Crippen molar-refractivity contribution in [3.05, 3.63) is 29.8 Å². The van der Waals surface area contributed by atoms with Crippen molar-refractivity contribution in [2.45, 2.75) is 20.3 Å². The standard InChI is InChI=1S/C10H14OSi/c1-3-9-5-7-10(8-6-9)12-11-4-2/h5-8H,3-4H2,1-2H3. The Morgan fingerprint density at radius 1 is 1.17 bits per heavy atom. The van der Waals surface area contributed by atoms with Gasteiger partial charge in [0.1, 0.15) is 0 Å². The third kappa shape index (κ3) is 2.79. The first-order valence-electron chi connectivity index (χ1n) is 4.33. The summed E-state index contributed by atoms with van der Waals surface area (Å²) in [4.78, 5) is 0. The molecule has 0 bridgehead atoms. The molecular formula is C10H14OSi. The van der Waals surface area contributed by atoms with Gasteiger partial charge >= 0.3 is 0 Å². The summed E-state index contributed by atoms with van der Waals surface area (Å²) in [5.41, 5.74) is 1.39. The summed E-state index contributed by atoms with van der Waals surface area (Å²) in [6, 6.07) is 8.63. The van der Waals surface area contributed by atoms with Crippen molar-refractivity contribution in [1.29, 1.82) is 0 Å². The predicted molar refractivity (Wildman–Crippen MR) is 52.8 cm³/mol. The van der Waals surface area contributed by atoms with Crippen molar-refractivity contribution >= 4 is 14.9 Å². The molecular weight excluding hydrogens is 164 g/mol. The average Bonchev–Trinajstić information content (AvgIpc) is 2.15. The Bertz CT molecular complexity index is 218. The second kappa shape index (κ2) is 5.12. The molecule has 0 fully saturated rings. The Labute approximate surface area is 76.7 Å². The molecule has 2 radical (unpaired) electrons. The molecule has 0 heterocycles. The third-order valence-electron chi connectivity index (χ3n) is 1.70. The van der Waals surface area contributed by atoms with E-state index in [2.05, 4.69) is 31.2 Å². The lowest BCUT2D eigenvalue weighted by atomic mass is 10.2. The topological polar surface area (TPSA) is 9.23 Å². The van der Waals surface area contributed by atoms with Crippen molar-refractivity contribution in [1.82, 2.24) is 0 Å². The molecule has 1 nitrogen and oxygen atoms in total. The minimum atomic E-state index is 0.502. The van der Waals surface area contributed by atoms with Crippen LogP contribution in [0.1, 0.15) is 19.4 Å². The highest BCUT2D eigenvalue weighted by atomic mass is 28.2. The lowest BCUT2D eigenvalue weighted by molar-refractivity contribution is 0.367. The number of hydrogen-bond donors (Lipinski definition) is 0. The van der Waals surface area contributed by atoms with Gasteiger partial charge in [-0.2, -0.15) is 0 Å². The van der Waals surface area contributed by atoms with E-state index in [9.17, 15) is 0 Å². The molecule has 0 saturated carbocycles. The molecule has 1 rings (SSSR count). The Hall–Kier alpha value is -0.603. The second-order valence-electron chi connectivity index (χ2n) is 2.59. The summed E-state index contributed by atoms with van der Waals surface area (Å²) in [5.74, 6) is 0. The number of aryl methyl sites for hydroxylation is 1. The Morgan fingerprint density at radius 3 is 2.33 bits per heavy atom. The van der Waals surface area contributed by atoms with Crippen molar-refractivity contribution in [2.24, 2.45) is 0 Å². The summed E-state index contributed by atoms with van der Waals surface area (Å²) >= 11 is 0. The van der Waals surface area contributed by atoms with Crippen LogP contribution in [0.2, 0.25) is 0 Å². The van der Waals surface area contributed by atoms with Gasteiger partial charge in [0.05, 0.1) is 0 Å². The normalized spacial score (nSPS) is 10.2. The summed E-state index contributed by atoms with van der Waals surface area (Å²) in [6.07, 6.45) is 1.11. The van der Waals surface area contributed by atoms with E-state index < -0.39 is 0 Å². The average molecular weight is 178 g/mol. The molecule has 0 aliphatic heterocycles. The van der Waals surface area contributed by atoms with Gasteiger partial charge < -0.3 is 4.43 Å². The van der Waals surface area contributed by atoms with E-state index >= 15 is 0 Å². The van der Waals surface area contributed by atoms with Crippen LogP contribution in [0, 0.1) is 0 Å². The van der Waals surface area contributed by atoms with Gasteiger partial charge in [0.15, 0.2) is 0 Å². The first-order valence-corrected chi connectivity index (χ1v) is 5.24. The van der Waals surface area contributed by atoms with Crippen molar-refractivity contribution in [2.75, 3.05) is 6.61 Å². The molecule has 0 amide bonds. The maximum Gasteiger partial charge on any atom is 0.268 e. The van der Waals surface area contributed by atoms with E-state index in [-0.39, 0.29) is 0 Å². The van der Waals surface area contributed by atoms with Gasteiger partial charge in [0, 0.05) is 6.61 Å². The maximum atomic E-state index is 5.32. The van der Waals surface area contributed by atoms with Crippen LogP contribution in [0.15, 0.2) is 24.3 Å². The first-order chi connectivity index (χ1) is 5.86. The van der Waals surface area contributed by atoms with Gasteiger partial charge in [-0.05, 0) is 24.1 Å². The first kappa shape index (κ1) is 9.48. The molecule has 0 aliphatic rings. The molecule has 0 N–H and O–H groups in total. The third-order valence-corrected chi connectivity index (χ3v) is 2.70. The van der Waals surface area contributed by atoms with E-state index in [1.54, 1.807) is 0 Å². The van der Waals surface area contributed by atoms with Crippen LogP contribution in [0.25, 0.3) is 0 Å². The quantitative estimate of drug-likeness (QED) is 0.635. The van der Waals surface area contributed by atoms with Gasteiger partial charge in [0.25, 0.3) is 9.76 Å². The molecule has 0 atom stereocenters. The molecule has 1 aromatic carbocycles. The van der Waals surface area contributed by atoms with Gasteiger partial charge in [-0.15, -0.1) is 0 Å². The fourth-order valence-corrected chi connectivity index (χ4v) is 1.58. The van der Waals surface area contributed by atoms with Crippen LogP contribution >= 0.6 is 0 Å². The van der Waals surface area contributed by atoms with Crippen LogP contribution in [0.5, 0.6) is 0 Å². The molecule has 0 saturated heterocycles. The largest absolute Gasteiger partial charge is 0.412 e. The second-order valence-corrected chi connectivity index (χ2v) is 3.66. The minimum absolute atomic E-state index is 0.502. The van der Waals surface area contributed by atoms with E-state index in [4.69, 9.17) is 4.43 Å². The van der Waals surface area contributed by atoms with E-state index in [0.29, 0.717) is 9.76 Å². The monoisotopic (exact) mass is 178 g/mol. The highest BCUT2D eigenvalue weighted by molar-refractivity contribution is 6.46. The molecule has 1 aromatic rings. The smallest absolute Gasteiger partial charge is 0.268 e. The fourth-order valence-electron chi connectivity index (χ4n) is 0.964. The van der Waals surface area contributed by atoms with E-state index in [0.717, 1.165) is 13.0 Å². The zero-order valence-corrected chi connectivity index (χ0v) is 8.63. The lowest BCUT2D eigenvalue weighted by Crippen LogP contribution is -2.16. The van der Waals surface area contributed by atoms with Gasteiger partial charge in [-0.3, -0.25) is 0 Å². The molecule has 0 aliphatic carbocycles. The highest BCUT2D eigenvalue weighted by Gasteiger charge is 1.94. The van der Waals surface area contributed by atoms with Crippen LogP contribution in [0.3, 0.4) is 0 Å². The molecule has 64 valence electrons. The molecule has 2 heteroatoms. The Kier molecular flexibility index (Phi) is 4.04. The SMILES string of the molecule is CCO[Si]c1ccc(CC)cc1. The summed E-state index contributed by atoms with van der Waals surface area (Å²) in [5, 5.41) is 1.29. The molecule has 0 spiro atoms. The Morgan fingerprint density at radius 2 is 1.83 bits per heavy atom. The van der Waals surface area contributed by atoms with E-state index in [1.807, 2.05) is 6.92 Å². The minimum Gasteiger partial charge on any atom is -0.412 e. The Balaban J connectivity index is 2.53. The van der Waals surface area contributed by atoms with Gasteiger partial charge in [-0.1, -0.05) is 31.2 Å². The van der Waals surface area contributed by atoms with E-state index in [1.165, 1.54) is 10.8 Å². The summed E-state index contributed by atoms with van der Waals surface area (Å²) < 4.78 is 5.32. The molecule has 0 unspecified atom stereocenters. The molecule has 12 heavy (non-hydrogen) atoms. The zero-order chi connectivity index (χ0) is 8.81. The summed E-state index contributed by atoms with van der Waals surface area (Å²) in [6.45, 7) is 4.99. The highest BCUT2D eigenvalue weighted by Crippen LogP contribution is 1.96. The molecule has 0 aromatic heterocycles. The zero-order valence-electron chi connectivity index (χ0n) is 7.63. The maximum absolute atomic E-state index is 5.32. The number of rotatable bonds is 4.